The van der Waals surface area contributed by atoms with E-state index in [-0.39, 0.29) is 30.4 Å². The molecule has 1 aromatic rings. The number of aryl methyl sites for hydroxylation is 1. The Labute approximate surface area is 131 Å². The largest absolute Gasteiger partial charge is 0.386 e. The first-order valence-corrected chi connectivity index (χ1v) is 8.80. The van der Waals surface area contributed by atoms with Gasteiger partial charge in [-0.15, -0.1) is 0 Å². The second-order valence-electron chi connectivity index (χ2n) is 5.62. The molecule has 0 saturated heterocycles. The van der Waals surface area contributed by atoms with Crippen LogP contribution in [-0.4, -0.2) is 51.5 Å². The van der Waals surface area contributed by atoms with Gasteiger partial charge in [0.15, 0.2) is 9.84 Å². The van der Waals surface area contributed by atoms with Gasteiger partial charge in [-0.3, -0.25) is 4.79 Å². The smallest absolute Gasteiger partial charge is 0.220 e. The summed E-state index contributed by atoms with van der Waals surface area (Å²) in [4.78, 5) is 12.0. The van der Waals surface area contributed by atoms with Crippen molar-refractivity contribution < 1.29 is 23.1 Å². The second-order valence-corrected chi connectivity index (χ2v) is 7.64. The van der Waals surface area contributed by atoms with Crippen LogP contribution in [0.4, 0.5) is 0 Å². The molecule has 7 heteroatoms. The zero-order valence-electron chi connectivity index (χ0n) is 13.1. The second kappa shape index (κ2) is 7.71. The van der Waals surface area contributed by atoms with E-state index in [4.69, 9.17) is 4.74 Å². The van der Waals surface area contributed by atoms with E-state index in [9.17, 15) is 18.3 Å². The number of nitrogens with one attached hydrogen (secondary N) is 1. The fourth-order valence-electron chi connectivity index (χ4n) is 1.90. The van der Waals surface area contributed by atoms with Crippen molar-refractivity contribution in [2.75, 3.05) is 26.5 Å². The van der Waals surface area contributed by atoms with Gasteiger partial charge in [-0.2, -0.15) is 0 Å². The van der Waals surface area contributed by atoms with Crippen molar-refractivity contribution >= 4 is 15.7 Å². The molecule has 0 spiro atoms. The van der Waals surface area contributed by atoms with E-state index < -0.39 is 15.4 Å². The van der Waals surface area contributed by atoms with Crippen molar-refractivity contribution in [2.24, 2.45) is 0 Å². The Kier molecular flexibility index (Phi) is 6.52. The molecule has 0 radical (unpaired) electrons. The van der Waals surface area contributed by atoms with E-state index in [1.165, 1.54) is 19.2 Å². The number of hydrogen-bond donors (Lipinski definition) is 2. The van der Waals surface area contributed by atoms with Crippen LogP contribution in [0.3, 0.4) is 0 Å². The molecule has 1 aromatic carbocycles. The van der Waals surface area contributed by atoms with Gasteiger partial charge in [0.2, 0.25) is 5.91 Å². The Morgan fingerprint density at radius 3 is 2.41 bits per heavy atom. The minimum absolute atomic E-state index is 0.118. The van der Waals surface area contributed by atoms with Gasteiger partial charge < -0.3 is 15.2 Å². The van der Waals surface area contributed by atoms with Crippen LogP contribution in [0.1, 0.15) is 18.9 Å². The lowest BCUT2D eigenvalue weighted by molar-refractivity contribution is -0.122. The first-order valence-electron chi connectivity index (χ1n) is 6.91. The molecule has 0 saturated carbocycles. The zero-order chi connectivity index (χ0) is 16.8. The highest BCUT2D eigenvalue weighted by atomic mass is 32.2. The average Bonchev–Trinajstić information content (AvgIpc) is 2.42. The van der Waals surface area contributed by atoms with Crippen LogP contribution in [-0.2, 0) is 25.8 Å². The minimum Gasteiger partial charge on any atom is -0.386 e. The van der Waals surface area contributed by atoms with E-state index in [1.807, 2.05) is 0 Å². The molecule has 1 amide bonds. The quantitative estimate of drug-likeness (QED) is 0.726. The molecule has 1 atom stereocenters. The van der Waals surface area contributed by atoms with Crippen LogP contribution in [0.15, 0.2) is 29.2 Å². The maximum absolute atomic E-state index is 11.7. The molecule has 124 valence electrons. The summed E-state index contributed by atoms with van der Waals surface area (Å²) in [6.07, 6.45) is 1.92. The fourth-order valence-corrected chi connectivity index (χ4v) is 2.53. The number of methoxy groups -OCH3 is 1. The molecule has 0 aliphatic heterocycles. The Morgan fingerprint density at radius 1 is 1.32 bits per heavy atom. The summed E-state index contributed by atoms with van der Waals surface area (Å²) in [7, 11) is -1.72. The summed E-state index contributed by atoms with van der Waals surface area (Å²) in [5, 5.41) is 12.5. The Balaban J connectivity index is 2.45. The van der Waals surface area contributed by atoms with Gasteiger partial charge in [-0.05, 0) is 31.0 Å². The van der Waals surface area contributed by atoms with Crippen LogP contribution < -0.4 is 5.32 Å². The van der Waals surface area contributed by atoms with E-state index in [1.54, 1.807) is 19.1 Å². The van der Waals surface area contributed by atoms with E-state index in [0.29, 0.717) is 6.42 Å². The lowest BCUT2D eigenvalue weighted by atomic mass is 10.1. The third-order valence-corrected chi connectivity index (χ3v) is 4.24. The molecule has 0 unspecified atom stereocenters. The van der Waals surface area contributed by atoms with E-state index >= 15 is 0 Å². The van der Waals surface area contributed by atoms with Gasteiger partial charge in [0.05, 0.1) is 11.5 Å². The lowest BCUT2D eigenvalue weighted by Crippen LogP contribution is -2.43. The third kappa shape index (κ3) is 6.55. The van der Waals surface area contributed by atoms with Crippen LogP contribution in [0.5, 0.6) is 0 Å². The number of sulfone groups is 1. The molecular weight excluding hydrogens is 306 g/mol. The van der Waals surface area contributed by atoms with Gasteiger partial charge in [0, 0.05) is 26.3 Å². The number of hydrogen-bond acceptors (Lipinski definition) is 5. The molecule has 0 heterocycles. The van der Waals surface area contributed by atoms with Crippen molar-refractivity contribution in [3.63, 3.8) is 0 Å². The highest BCUT2D eigenvalue weighted by Crippen LogP contribution is 2.11. The van der Waals surface area contributed by atoms with Crippen LogP contribution in [0.25, 0.3) is 0 Å². The molecule has 1 rings (SSSR count). The topological polar surface area (TPSA) is 92.7 Å². The Morgan fingerprint density at radius 2 is 1.91 bits per heavy atom. The third-order valence-electron chi connectivity index (χ3n) is 3.11. The maximum atomic E-state index is 11.7. The number of aliphatic hydroxyl groups is 1. The van der Waals surface area contributed by atoms with Crippen molar-refractivity contribution in [1.82, 2.24) is 5.32 Å². The monoisotopic (exact) mass is 329 g/mol. The highest BCUT2D eigenvalue weighted by Gasteiger charge is 2.20. The van der Waals surface area contributed by atoms with Crippen molar-refractivity contribution in [3.8, 4) is 0 Å². The number of carbonyl (C=O) groups excluding carboxylic acids is 1. The molecule has 0 aromatic heterocycles. The number of ether oxygens (including phenoxy) is 1. The van der Waals surface area contributed by atoms with Gasteiger partial charge >= 0.3 is 0 Å². The number of amides is 1. The summed E-state index contributed by atoms with van der Waals surface area (Å²) < 4.78 is 27.5. The summed E-state index contributed by atoms with van der Waals surface area (Å²) >= 11 is 0. The molecule has 0 bridgehead atoms. The first kappa shape index (κ1) is 18.6. The minimum atomic E-state index is -3.20. The van der Waals surface area contributed by atoms with Crippen molar-refractivity contribution in [2.45, 2.75) is 30.3 Å². The van der Waals surface area contributed by atoms with E-state index in [2.05, 4.69) is 5.32 Å². The molecule has 2 N–H and O–H groups in total. The summed E-state index contributed by atoms with van der Waals surface area (Å²) in [5.74, 6) is -0.177. The SMILES string of the molecule is COC[C@](C)(O)CNC(=O)CCc1ccc(S(C)(=O)=O)cc1. The molecule has 0 aliphatic rings. The highest BCUT2D eigenvalue weighted by molar-refractivity contribution is 7.90. The van der Waals surface area contributed by atoms with Crippen molar-refractivity contribution in [3.05, 3.63) is 29.8 Å². The molecule has 22 heavy (non-hydrogen) atoms. The van der Waals surface area contributed by atoms with Crippen LogP contribution >= 0.6 is 0 Å². The first-order chi connectivity index (χ1) is 10.1. The fraction of sp³-hybridized carbons (Fsp3) is 0.533. The standard InChI is InChI=1S/C15H23NO5S/c1-15(18,11-21-2)10-16-14(17)9-6-12-4-7-13(8-5-12)22(3,19)20/h4-5,7-8,18H,6,9-11H2,1-3H3,(H,16,17)/t15-/m1/s1. The predicted octanol–water partition coefficient (Wildman–Crippen LogP) is 0.536. The summed E-state index contributed by atoms with van der Waals surface area (Å²) in [6, 6.07) is 6.47. The van der Waals surface area contributed by atoms with E-state index in [0.717, 1.165) is 11.8 Å². The average molecular weight is 329 g/mol. The zero-order valence-corrected chi connectivity index (χ0v) is 13.9. The number of carbonyl (C=O) groups is 1. The summed E-state index contributed by atoms with van der Waals surface area (Å²) in [5.41, 5.74) is -0.215. The van der Waals surface area contributed by atoms with Crippen LogP contribution in [0, 0.1) is 0 Å². The van der Waals surface area contributed by atoms with Gasteiger partial charge in [0.1, 0.15) is 5.60 Å². The normalized spacial score (nSPS) is 14.4. The Bertz CT molecular complexity index is 593. The van der Waals surface area contributed by atoms with Gasteiger partial charge in [-0.1, -0.05) is 12.1 Å². The van der Waals surface area contributed by atoms with Gasteiger partial charge in [-0.25, -0.2) is 8.42 Å². The maximum Gasteiger partial charge on any atom is 0.220 e. The van der Waals surface area contributed by atoms with Gasteiger partial charge in [0.25, 0.3) is 0 Å². The van der Waals surface area contributed by atoms with Crippen LogP contribution in [0.2, 0.25) is 0 Å². The summed E-state index contributed by atoms with van der Waals surface area (Å²) in [6.45, 7) is 1.84. The molecular formula is C15H23NO5S. The predicted molar refractivity (Wildman–Crippen MR) is 83.4 cm³/mol. The molecule has 0 aliphatic carbocycles. The number of rotatable bonds is 8. The van der Waals surface area contributed by atoms with Crippen molar-refractivity contribution in [1.29, 1.82) is 0 Å². The Hall–Kier alpha value is -1.44. The molecule has 0 fully saturated rings. The number of benzene rings is 1. The molecule has 6 nitrogen and oxygen atoms in total. The lowest BCUT2D eigenvalue weighted by Gasteiger charge is -2.22.